The molecule has 1 N–H and O–H groups in total. The van der Waals surface area contributed by atoms with E-state index in [0.717, 1.165) is 27.5 Å². The molecule has 2 aromatic carbocycles. The van der Waals surface area contributed by atoms with Gasteiger partial charge in [0.05, 0.1) is 11.4 Å². The third kappa shape index (κ3) is 3.58. The normalized spacial score (nSPS) is 11.5. The van der Waals surface area contributed by atoms with Gasteiger partial charge in [0, 0.05) is 5.02 Å². The molecular formula is C16H17ClN2. The summed E-state index contributed by atoms with van der Waals surface area (Å²) in [7, 11) is 0. The van der Waals surface area contributed by atoms with Crippen LogP contribution in [0.1, 0.15) is 23.6 Å². The molecule has 0 bridgehead atoms. The quantitative estimate of drug-likeness (QED) is 0.630. The Morgan fingerprint density at radius 2 is 1.74 bits per heavy atom. The van der Waals surface area contributed by atoms with Crippen molar-refractivity contribution in [3.63, 3.8) is 0 Å². The lowest BCUT2D eigenvalue weighted by molar-refractivity contribution is 1.31. The number of aryl methyl sites for hydroxylation is 2. The van der Waals surface area contributed by atoms with E-state index in [4.69, 9.17) is 11.6 Å². The maximum Gasteiger partial charge on any atom is 0.0648 e. The van der Waals surface area contributed by atoms with Gasteiger partial charge >= 0.3 is 0 Å². The van der Waals surface area contributed by atoms with Gasteiger partial charge < -0.3 is 0 Å². The first kappa shape index (κ1) is 13.6. The Balaban J connectivity index is 2.13. The molecule has 0 spiro atoms. The molecule has 2 nitrogen and oxygen atoms in total. The fraction of sp³-hybridized carbons (Fsp3) is 0.188. The molecule has 3 heteroatoms. The molecule has 0 atom stereocenters. The predicted molar refractivity (Wildman–Crippen MR) is 83.2 cm³/mol. The van der Waals surface area contributed by atoms with Crippen LogP contribution < -0.4 is 5.43 Å². The second-order valence-corrected chi connectivity index (χ2v) is 5.05. The highest BCUT2D eigenvalue weighted by Gasteiger charge is 1.99. The van der Waals surface area contributed by atoms with Crippen LogP contribution in [0.25, 0.3) is 0 Å². The van der Waals surface area contributed by atoms with Crippen molar-refractivity contribution in [1.29, 1.82) is 0 Å². The number of anilines is 1. The summed E-state index contributed by atoms with van der Waals surface area (Å²) in [6, 6.07) is 14.1. The third-order valence-electron chi connectivity index (χ3n) is 2.99. The first-order valence-corrected chi connectivity index (χ1v) is 6.57. The van der Waals surface area contributed by atoms with Gasteiger partial charge in [0.2, 0.25) is 0 Å². The van der Waals surface area contributed by atoms with E-state index in [1.807, 2.05) is 32.0 Å². The molecule has 2 aromatic rings. The summed E-state index contributed by atoms with van der Waals surface area (Å²) in [5.41, 5.74) is 8.28. The lowest BCUT2D eigenvalue weighted by Crippen LogP contribution is -1.99. The zero-order chi connectivity index (χ0) is 13.8. The standard InChI is InChI=1S/C16H17ClN2/c1-11-4-7-14(8-5-11)13(3)18-19-15-9-6-12(2)16(17)10-15/h4-10,19H,1-3H3/b18-13-. The predicted octanol–water partition coefficient (Wildman–Crippen LogP) is 4.79. The molecule has 0 heterocycles. The monoisotopic (exact) mass is 272 g/mol. The zero-order valence-electron chi connectivity index (χ0n) is 11.4. The Kier molecular flexibility index (Phi) is 4.23. The number of nitrogens with zero attached hydrogens (tertiary/aromatic N) is 1. The lowest BCUT2D eigenvalue weighted by Gasteiger charge is -2.05. The molecule has 98 valence electrons. The maximum absolute atomic E-state index is 6.08. The van der Waals surface area contributed by atoms with Crippen molar-refractivity contribution in [2.24, 2.45) is 5.10 Å². The molecule has 0 unspecified atom stereocenters. The molecule has 0 aliphatic carbocycles. The van der Waals surface area contributed by atoms with Crippen molar-refractivity contribution in [1.82, 2.24) is 0 Å². The van der Waals surface area contributed by atoms with E-state index >= 15 is 0 Å². The summed E-state index contributed by atoms with van der Waals surface area (Å²) >= 11 is 6.08. The van der Waals surface area contributed by atoms with Crippen molar-refractivity contribution >= 4 is 23.0 Å². The number of rotatable bonds is 3. The van der Waals surface area contributed by atoms with E-state index in [1.165, 1.54) is 5.56 Å². The first-order chi connectivity index (χ1) is 9.06. The summed E-state index contributed by atoms with van der Waals surface area (Å²) in [5.74, 6) is 0. The average Bonchev–Trinajstić information content (AvgIpc) is 2.40. The Morgan fingerprint density at radius 1 is 1.05 bits per heavy atom. The minimum atomic E-state index is 0.744. The number of hydrogen-bond donors (Lipinski definition) is 1. The van der Waals surface area contributed by atoms with Gasteiger partial charge in [-0.3, -0.25) is 5.43 Å². The average molecular weight is 273 g/mol. The Labute approximate surface area is 119 Å². The van der Waals surface area contributed by atoms with Crippen LogP contribution in [0.15, 0.2) is 47.6 Å². The molecule has 0 saturated heterocycles. The minimum absolute atomic E-state index is 0.744. The third-order valence-corrected chi connectivity index (χ3v) is 3.40. The topological polar surface area (TPSA) is 24.4 Å². The number of hydrogen-bond acceptors (Lipinski definition) is 2. The van der Waals surface area contributed by atoms with Crippen LogP contribution in [0.5, 0.6) is 0 Å². The summed E-state index contributed by atoms with van der Waals surface area (Å²) in [6.07, 6.45) is 0. The van der Waals surface area contributed by atoms with Crippen molar-refractivity contribution in [3.05, 3.63) is 64.2 Å². The van der Waals surface area contributed by atoms with Gasteiger partial charge in [-0.15, -0.1) is 0 Å². The molecule has 2 rings (SSSR count). The van der Waals surface area contributed by atoms with E-state index in [2.05, 4.69) is 41.7 Å². The summed E-state index contributed by atoms with van der Waals surface area (Å²) < 4.78 is 0. The molecular weight excluding hydrogens is 256 g/mol. The van der Waals surface area contributed by atoms with Gasteiger partial charge in [-0.1, -0.05) is 47.5 Å². The Bertz CT molecular complexity index is 601. The van der Waals surface area contributed by atoms with Crippen LogP contribution in [-0.2, 0) is 0 Å². The second kappa shape index (κ2) is 5.89. The number of nitrogens with one attached hydrogen (secondary N) is 1. The SMILES string of the molecule is C/C(=N/Nc1ccc(C)c(Cl)c1)c1ccc(C)cc1. The largest absolute Gasteiger partial charge is 0.278 e. The summed E-state index contributed by atoms with van der Waals surface area (Å²) in [5, 5.41) is 5.12. The van der Waals surface area contributed by atoms with Crippen LogP contribution in [0.4, 0.5) is 5.69 Å². The van der Waals surface area contributed by atoms with Crippen LogP contribution in [0.2, 0.25) is 5.02 Å². The maximum atomic E-state index is 6.08. The molecule has 0 aromatic heterocycles. The van der Waals surface area contributed by atoms with Crippen LogP contribution in [-0.4, -0.2) is 5.71 Å². The van der Waals surface area contributed by atoms with Gasteiger partial charge in [-0.05, 0) is 44.0 Å². The highest BCUT2D eigenvalue weighted by Crippen LogP contribution is 2.20. The highest BCUT2D eigenvalue weighted by molar-refractivity contribution is 6.31. The zero-order valence-corrected chi connectivity index (χ0v) is 12.1. The van der Waals surface area contributed by atoms with Gasteiger partial charge in [0.1, 0.15) is 0 Å². The number of halogens is 1. The van der Waals surface area contributed by atoms with Crippen LogP contribution in [0.3, 0.4) is 0 Å². The molecule has 0 saturated carbocycles. The van der Waals surface area contributed by atoms with Crippen LogP contribution in [0, 0.1) is 13.8 Å². The van der Waals surface area contributed by atoms with Crippen molar-refractivity contribution in [3.8, 4) is 0 Å². The molecule has 0 amide bonds. The second-order valence-electron chi connectivity index (χ2n) is 4.64. The van der Waals surface area contributed by atoms with Gasteiger partial charge in [-0.2, -0.15) is 5.10 Å². The smallest absolute Gasteiger partial charge is 0.0648 e. The fourth-order valence-electron chi connectivity index (χ4n) is 1.67. The summed E-state index contributed by atoms with van der Waals surface area (Å²) in [4.78, 5) is 0. The van der Waals surface area contributed by atoms with Gasteiger partial charge in [0.15, 0.2) is 0 Å². The van der Waals surface area contributed by atoms with Crippen molar-refractivity contribution in [2.45, 2.75) is 20.8 Å². The van der Waals surface area contributed by atoms with E-state index < -0.39 is 0 Å². The highest BCUT2D eigenvalue weighted by atomic mass is 35.5. The molecule has 0 aliphatic heterocycles. The van der Waals surface area contributed by atoms with Gasteiger partial charge in [-0.25, -0.2) is 0 Å². The van der Waals surface area contributed by atoms with Gasteiger partial charge in [0.25, 0.3) is 0 Å². The molecule has 0 aliphatic rings. The summed E-state index contributed by atoms with van der Waals surface area (Å²) in [6.45, 7) is 6.03. The molecule has 19 heavy (non-hydrogen) atoms. The fourth-order valence-corrected chi connectivity index (χ4v) is 1.85. The van der Waals surface area contributed by atoms with Crippen molar-refractivity contribution in [2.75, 3.05) is 5.43 Å². The molecule has 0 fully saturated rings. The lowest BCUT2D eigenvalue weighted by atomic mass is 10.1. The van der Waals surface area contributed by atoms with E-state index in [1.54, 1.807) is 0 Å². The molecule has 0 radical (unpaired) electrons. The van der Waals surface area contributed by atoms with Crippen LogP contribution >= 0.6 is 11.6 Å². The Morgan fingerprint density at radius 3 is 2.37 bits per heavy atom. The number of hydrazone groups is 1. The van der Waals surface area contributed by atoms with E-state index in [9.17, 15) is 0 Å². The number of benzene rings is 2. The van der Waals surface area contributed by atoms with E-state index in [-0.39, 0.29) is 0 Å². The Hall–Kier alpha value is -1.80. The van der Waals surface area contributed by atoms with Crippen molar-refractivity contribution < 1.29 is 0 Å². The first-order valence-electron chi connectivity index (χ1n) is 6.20. The van der Waals surface area contributed by atoms with E-state index in [0.29, 0.717) is 0 Å². The minimum Gasteiger partial charge on any atom is -0.278 e.